The van der Waals surface area contributed by atoms with E-state index in [0.29, 0.717) is 29.0 Å². The average molecular weight is 270 g/mol. The molecule has 0 aromatic heterocycles. The van der Waals surface area contributed by atoms with Gasteiger partial charge in [0.2, 0.25) is 0 Å². The van der Waals surface area contributed by atoms with Gasteiger partial charge >= 0.3 is 0 Å². The maximum absolute atomic E-state index is 13.8. The number of benzene rings is 1. The van der Waals surface area contributed by atoms with Crippen LogP contribution >= 0.6 is 11.6 Å². The second-order valence-electron chi connectivity index (χ2n) is 5.20. The van der Waals surface area contributed by atoms with Crippen molar-refractivity contribution >= 4 is 11.6 Å². The summed E-state index contributed by atoms with van der Waals surface area (Å²) in [5.74, 6) is 0.470. The topological polar surface area (TPSA) is 12.0 Å². The van der Waals surface area contributed by atoms with Gasteiger partial charge in [0.05, 0.1) is 0 Å². The molecule has 0 aliphatic heterocycles. The zero-order valence-corrected chi connectivity index (χ0v) is 11.6. The number of rotatable bonds is 4. The Bertz CT molecular complexity index is 368. The van der Waals surface area contributed by atoms with Gasteiger partial charge in [-0.05, 0) is 44.4 Å². The number of nitrogens with one attached hydrogen (secondary N) is 1. The van der Waals surface area contributed by atoms with E-state index in [9.17, 15) is 4.39 Å². The number of hydrogen-bond acceptors (Lipinski definition) is 1. The first-order chi connectivity index (χ1) is 8.72. The van der Waals surface area contributed by atoms with Crippen LogP contribution in [0.3, 0.4) is 0 Å². The van der Waals surface area contributed by atoms with Crippen LogP contribution in [0.5, 0.6) is 0 Å². The van der Waals surface area contributed by atoms with Crippen LogP contribution in [0, 0.1) is 11.7 Å². The molecule has 1 N–H and O–H groups in total. The van der Waals surface area contributed by atoms with Crippen LogP contribution in [0.2, 0.25) is 5.02 Å². The normalized spacial score (nSPS) is 18.8. The van der Waals surface area contributed by atoms with Gasteiger partial charge in [-0.15, -0.1) is 0 Å². The van der Waals surface area contributed by atoms with E-state index in [0.717, 1.165) is 0 Å². The molecule has 3 heteroatoms. The molecule has 0 saturated heterocycles. The van der Waals surface area contributed by atoms with Crippen molar-refractivity contribution in [3.8, 4) is 0 Å². The van der Waals surface area contributed by atoms with Crippen molar-refractivity contribution < 1.29 is 4.39 Å². The molecule has 1 aromatic rings. The van der Waals surface area contributed by atoms with E-state index >= 15 is 0 Å². The molecule has 18 heavy (non-hydrogen) atoms. The summed E-state index contributed by atoms with van der Waals surface area (Å²) in [4.78, 5) is 0. The zero-order valence-electron chi connectivity index (χ0n) is 10.9. The summed E-state index contributed by atoms with van der Waals surface area (Å²) in [5, 5.41) is 3.90. The lowest BCUT2D eigenvalue weighted by Crippen LogP contribution is -2.37. The third-order valence-electron chi connectivity index (χ3n) is 4.08. The lowest BCUT2D eigenvalue weighted by Gasteiger charge is -2.30. The predicted molar refractivity (Wildman–Crippen MR) is 74.5 cm³/mol. The van der Waals surface area contributed by atoms with Gasteiger partial charge in [-0.2, -0.15) is 0 Å². The standard InChI is InChI=1S/C15H21ClFN/c1-18-15(11-6-3-2-4-7-11)10-12-13(16)8-5-9-14(12)17/h5,8-9,11,15,18H,2-4,6-7,10H2,1H3. The van der Waals surface area contributed by atoms with Crippen LogP contribution in [-0.2, 0) is 6.42 Å². The third-order valence-corrected chi connectivity index (χ3v) is 4.43. The second-order valence-corrected chi connectivity index (χ2v) is 5.60. The molecule has 1 saturated carbocycles. The number of likely N-dealkylation sites (N-methyl/N-ethyl adjacent to an activating group) is 1. The largest absolute Gasteiger partial charge is 0.316 e. The highest BCUT2D eigenvalue weighted by atomic mass is 35.5. The van der Waals surface area contributed by atoms with E-state index in [4.69, 9.17) is 11.6 Å². The highest BCUT2D eigenvalue weighted by Crippen LogP contribution is 2.30. The van der Waals surface area contributed by atoms with Gasteiger partial charge in [0.25, 0.3) is 0 Å². The van der Waals surface area contributed by atoms with Crippen LogP contribution < -0.4 is 5.32 Å². The lowest BCUT2D eigenvalue weighted by atomic mass is 9.81. The summed E-state index contributed by atoms with van der Waals surface area (Å²) >= 11 is 6.10. The molecule has 1 fully saturated rings. The number of hydrogen-bond donors (Lipinski definition) is 1. The predicted octanol–water partition coefficient (Wildman–Crippen LogP) is 4.19. The van der Waals surface area contributed by atoms with Crippen LogP contribution in [0.15, 0.2) is 18.2 Å². The van der Waals surface area contributed by atoms with E-state index in [1.165, 1.54) is 38.2 Å². The van der Waals surface area contributed by atoms with Gasteiger partial charge in [0, 0.05) is 16.6 Å². The molecule has 1 unspecified atom stereocenters. The molecule has 0 radical (unpaired) electrons. The van der Waals surface area contributed by atoms with Crippen molar-refractivity contribution in [2.75, 3.05) is 7.05 Å². The van der Waals surface area contributed by atoms with Crippen LogP contribution in [0.25, 0.3) is 0 Å². The van der Waals surface area contributed by atoms with Gasteiger partial charge in [-0.25, -0.2) is 4.39 Å². The summed E-state index contributed by atoms with van der Waals surface area (Å²) in [6, 6.07) is 5.26. The zero-order chi connectivity index (χ0) is 13.0. The summed E-state index contributed by atoms with van der Waals surface area (Å²) in [6.07, 6.45) is 7.12. The summed E-state index contributed by atoms with van der Waals surface area (Å²) in [6.45, 7) is 0. The first-order valence-corrected chi connectivity index (χ1v) is 7.20. The van der Waals surface area contributed by atoms with Crippen molar-refractivity contribution in [3.05, 3.63) is 34.6 Å². The van der Waals surface area contributed by atoms with E-state index in [2.05, 4.69) is 5.32 Å². The molecule has 1 nitrogen and oxygen atoms in total. The van der Waals surface area contributed by atoms with Crippen LogP contribution in [0.4, 0.5) is 4.39 Å². The summed E-state index contributed by atoms with van der Waals surface area (Å²) in [5.41, 5.74) is 0.657. The molecule has 0 bridgehead atoms. The third kappa shape index (κ3) is 3.24. The Balaban J connectivity index is 2.09. The SMILES string of the molecule is CNC(Cc1c(F)cccc1Cl)C1CCCCC1. The molecule has 2 rings (SSSR count). The lowest BCUT2D eigenvalue weighted by molar-refractivity contribution is 0.275. The molecule has 1 aliphatic carbocycles. The van der Waals surface area contributed by atoms with Crippen LogP contribution in [0.1, 0.15) is 37.7 Å². The van der Waals surface area contributed by atoms with E-state index in [1.54, 1.807) is 12.1 Å². The fourth-order valence-corrected chi connectivity index (χ4v) is 3.23. The average Bonchev–Trinajstić information content (AvgIpc) is 2.40. The van der Waals surface area contributed by atoms with Crippen LogP contribution in [-0.4, -0.2) is 13.1 Å². The van der Waals surface area contributed by atoms with E-state index in [1.807, 2.05) is 7.05 Å². The van der Waals surface area contributed by atoms with Crippen molar-refractivity contribution in [2.45, 2.75) is 44.6 Å². The van der Waals surface area contributed by atoms with Gasteiger partial charge < -0.3 is 5.32 Å². The minimum atomic E-state index is -0.182. The first kappa shape index (κ1) is 13.8. The van der Waals surface area contributed by atoms with Gasteiger partial charge in [-0.3, -0.25) is 0 Å². The summed E-state index contributed by atoms with van der Waals surface area (Å²) < 4.78 is 13.8. The molecular weight excluding hydrogens is 249 g/mol. The van der Waals surface area contributed by atoms with E-state index < -0.39 is 0 Å². The molecule has 0 heterocycles. The molecule has 100 valence electrons. The van der Waals surface area contributed by atoms with Gasteiger partial charge in [0.1, 0.15) is 5.82 Å². The molecule has 0 spiro atoms. The maximum atomic E-state index is 13.8. The highest BCUT2D eigenvalue weighted by Gasteiger charge is 2.24. The van der Waals surface area contributed by atoms with Crippen molar-refractivity contribution in [1.82, 2.24) is 5.32 Å². The van der Waals surface area contributed by atoms with Crippen molar-refractivity contribution in [1.29, 1.82) is 0 Å². The maximum Gasteiger partial charge on any atom is 0.127 e. The Kier molecular flexibility index (Phi) is 5.02. The number of halogens is 2. The van der Waals surface area contributed by atoms with E-state index in [-0.39, 0.29) is 5.82 Å². The smallest absolute Gasteiger partial charge is 0.127 e. The minimum absolute atomic E-state index is 0.182. The quantitative estimate of drug-likeness (QED) is 0.864. The Hall–Kier alpha value is -0.600. The minimum Gasteiger partial charge on any atom is -0.316 e. The van der Waals surface area contributed by atoms with Gasteiger partial charge in [0.15, 0.2) is 0 Å². The Morgan fingerprint density at radius 1 is 1.33 bits per heavy atom. The van der Waals surface area contributed by atoms with Crippen molar-refractivity contribution in [2.24, 2.45) is 5.92 Å². The molecule has 0 amide bonds. The monoisotopic (exact) mass is 269 g/mol. The summed E-state index contributed by atoms with van der Waals surface area (Å²) in [7, 11) is 1.97. The Morgan fingerprint density at radius 3 is 2.67 bits per heavy atom. The Labute approximate surface area is 114 Å². The fourth-order valence-electron chi connectivity index (χ4n) is 2.99. The molecule has 1 aromatic carbocycles. The molecule has 1 aliphatic rings. The fraction of sp³-hybridized carbons (Fsp3) is 0.600. The molecule has 1 atom stereocenters. The van der Waals surface area contributed by atoms with Gasteiger partial charge in [-0.1, -0.05) is 36.9 Å². The first-order valence-electron chi connectivity index (χ1n) is 6.82. The van der Waals surface area contributed by atoms with Crippen molar-refractivity contribution in [3.63, 3.8) is 0 Å². The Morgan fingerprint density at radius 2 is 2.06 bits per heavy atom. The second kappa shape index (κ2) is 6.53. The molecular formula is C15H21ClFN. The highest BCUT2D eigenvalue weighted by molar-refractivity contribution is 6.31.